The van der Waals surface area contributed by atoms with Crippen LogP contribution in [0.3, 0.4) is 0 Å². The summed E-state index contributed by atoms with van der Waals surface area (Å²) >= 11 is 7.32. The van der Waals surface area contributed by atoms with Crippen LogP contribution in [0.15, 0.2) is 83.0 Å². The molecule has 0 atom stereocenters. The Labute approximate surface area is 232 Å². The third-order valence-electron chi connectivity index (χ3n) is 6.10. The van der Waals surface area contributed by atoms with Gasteiger partial charge in [-0.05, 0) is 53.4 Å². The van der Waals surface area contributed by atoms with Crippen LogP contribution in [0.4, 0.5) is 5.13 Å². The van der Waals surface area contributed by atoms with Crippen molar-refractivity contribution in [2.75, 3.05) is 19.0 Å². The van der Waals surface area contributed by atoms with E-state index in [1.54, 1.807) is 55.6 Å². The molecule has 2 aromatic heterocycles. The smallest absolute Gasteiger partial charge is 0.356 e. The minimum Gasteiger partial charge on any atom is -0.497 e. The van der Waals surface area contributed by atoms with Crippen molar-refractivity contribution in [1.29, 1.82) is 0 Å². The van der Waals surface area contributed by atoms with Crippen molar-refractivity contribution >= 4 is 50.7 Å². The fourth-order valence-electron chi connectivity index (χ4n) is 4.19. The van der Waals surface area contributed by atoms with Crippen molar-refractivity contribution in [3.63, 3.8) is 0 Å². The van der Waals surface area contributed by atoms with E-state index in [0.29, 0.717) is 37.7 Å². The Hall–Kier alpha value is -4.47. The number of aromatic nitrogens is 2. The molecule has 5 aromatic rings. The molecule has 0 saturated carbocycles. The van der Waals surface area contributed by atoms with Crippen molar-refractivity contribution in [1.82, 2.24) is 9.55 Å². The minimum atomic E-state index is -0.807. The maximum Gasteiger partial charge on any atom is 0.356 e. The predicted octanol–water partition coefficient (Wildman–Crippen LogP) is 5.79. The number of nitrogens with one attached hydrogen (secondary N) is 1. The van der Waals surface area contributed by atoms with E-state index < -0.39 is 18.5 Å². The number of rotatable bonds is 7. The Bertz CT molecular complexity index is 1740. The molecule has 8 nitrogen and oxygen atoms in total. The van der Waals surface area contributed by atoms with E-state index in [2.05, 4.69) is 10.3 Å². The van der Waals surface area contributed by atoms with E-state index in [1.165, 1.54) is 23.0 Å². The first-order valence-electron chi connectivity index (χ1n) is 11.8. The van der Waals surface area contributed by atoms with Crippen LogP contribution in [0.25, 0.3) is 33.2 Å². The highest BCUT2D eigenvalue weighted by atomic mass is 35.5. The maximum absolute atomic E-state index is 13.3. The standard InChI is InChI=1S/C29H22ClN3O5S/c1-33-26(25(18-7-11-19(30)12-8-18)21-5-3-4-6-22(21)27(33)35)28(36)38-15-24(34)32-29-31-23(16-39-29)17-9-13-20(37-2)14-10-17/h3-14,16H,15H2,1-2H3,(H,31,32,34). The average Bonchev–Trinajstić information content (AvgIpc) is 3.42. The summed E-state index contributed by atoms with van der Waals surface area (Å²) in [5, 5.41) is 6.41. The Kier molecular flexibility index (Phi) is 7.44. The molecule has 0 bridgehead atoms. The van der Waals surface area contributed by atoms with Gasteiger partial charge in [0.1, 0.15) is 11.4 Å². The van der Waals surface area contributed by atoms with Gasteiger partial charge in [-0.25, -0.2) is 9.78 Å². The van der Waals surface area contributed by atoms with Gasteiger partial charge in [0.2, 0.25) is 0 Å². The van der Waals surface area contributed by atoms with Gasteiger partial charge < -0.3 is 14.0 Å². The Morgan fingerprint density at radius 2 is 1.64 bits per heavy atom. The number of halogens is 1. The lowest BCUT2D eigenvalue weighted by atomic mass is 9.97. The van der Waals surface area contributed by atoms with Crippen LogP contribution in [0, 0.1) is 0 Å². The molecule has 0 aliphatic carbocycles. The van der Waals surface area contributed by atoms with Gasteiger partial charge in [-0.2, -0.15) is 0 Å². The number of anilines is 1. The molecule has 0 aliphatic rings. The summed E-state index contributed by atoms with van der Waals surface area (Å²) in [5.41, 5.74) is 2.42. The molecule has 2 heterocycles. The van der Waals surface area contributed by atoms with E-state index in [4.69, 9.17) is 21.1 Å². The van der Waals surface area contributed by atoms with E-state index in [1.807, 2.05) is 29.6 Å². The first-order chi connectivity index (χ1) is 18.9. The summed E-state index contributed by atoms with van der Waals surface area (Å²) in [6, 6.07) is 21.3. The number of carbonyl (C=O) groups excluding carboxylic acids is 2. The quantitative estimate of drug-likeness (QED) is 0.253. The number of esters is 1. The molecule has 0 unspecified atom stereocenters. The van der Waals surface area contributed by atoms with E-state index in [0.717, 1.165) is 11.3 Å². The number of methoxy groups -OCH3 is 1. The van der Waals surface area contributed by atoms with Gasteiger partial charge >= 0.3 is 5.97 Å². The lowest BCUT2D eigenvalue weighted by molar-refractivity contribution is -0.119. The molecule has 196 valence electrons. The highest BCUT2D eigenvalue weighted by molar-refractivity contribution is 7.14. The zero-order valence-corrected chi connectivity index (χ0v) is 22.5. The number of amides is 1. The third kappa shape index (κ3) is 5.41. The molecule has 0 fully saturated rings. The van der Waals surface area contributed by atoms with Crippen LogP contribution in [-0.4, -0.2) is 35.1 Å². The van der Waals surface area contributed by atoms with Crippen molar-refractivity contribution in [3.8, 4) is 28.1 Å². The average molecular weight is 560 g/mol. The molecule has 1 amide bonds. The molecular weight excluding hydrogens is 538 g/mol. The molecule has 0 saturated heterocycles. The highest BCUT2D eigenvalue weighted by Crippen LogP contribution is 2.32. The number of hydrogen-bond donors (Lipinski definition) is 1. The summed E-state index contributed by atoms with van der Waals surface area (Å²) in [6.45, 7) is -0.558. The SMILES string of the molecule is COc1ccc(-c2csc(NC(=O)COC(=O)c3c(-c4ccc(Cl)cc4)c4ccccc4c(=O)n3C)n2)cc1. The number of hydrogen-bond acceptors (Lipinski definition) is 7. The number of benzene rings is 3. The third-order valence-corrected chi connectivity index (χ3v) is 7.11. The number of carbonyl (C=O) groups is 2. The fraction of sp³-hybridized carbons (Fsp3) is 0.103. The summed E-state index contributed by atoms with van der Waals surface area (Å²) < 4.78 is 11.8. The Balaban J connectivity index is 1.37. The highest BCUT2D eigenvalue weighted by Gasteiger charge is 2.24. The molecule has 5 rings (SSSR count). The zero-order chi connectivity index (χ0) is 27.5. The molecule has 0 radical (unpaired) electrons. The molecular formula is C29H22ClN3O5S. The topological polar surface area (TPSA) is 99.5 Å². The van der Waals surface area contributed by atoms with Gasteiger partial charge in [-0.3, -0.25) is 14.9 Å². The first-order valence-corrected chi connectivity index (χ1v) is 13.1. The number of nitrogens with zero attached hydrogens (tertiary/aromatic N) is 2. The fourth-order valence-corrected chi connectivity index (χ4v) is 5.06. The number of fused-ring (bicyclic) bond motifs is 1. The lowest BCUT2D eigenvalue weighted by Gasteiger charge is -2.16. The van der Waals surface area contributed by atoms with Crippen LogP contribution >= 0.6 is 22.9 Å². The molecule has 0 aliphatic heterocycles. The maximum atomic E-state index is 13.3. The summed E-state index contributed by atoms with van der Waals surface area (Å²) in [7, 11) is 3.09. The van der Waals surface area contributed by atoms with E-state index in [-0.39, 0.29) is 11.3 Å². The molecule has 1 N–H and O–H groups in total. The second-order valence-electron chi connectivity index (χ2n) is 8.53. The summed E-state index contributed by atoms with van der Waals surface area (Å²) in [5.74, 6) is -0.635. The monoisotopic (exact) mass is 559 g/mol. The van der Waals surface area contributed by atoms with E-state index >= 15 is 0 Å². The van der Waals surface area contributed by atoms with Crippen LogP contribution in [0.1, 0.15) is 10.5 Å². The number of pyridine rings is 1. The number of thiazole rings is 1. The van der Waals surface area contributed by atoms with Gasteiger partial charge in [0.15, 0.2) is 11.7 Å². The molecule has 3 aromatic carbocycles. The first kappa shape index (κ1) is 26.1. The van der Waals surface area contributed by atoms with Gasteiger partial charge in [-0.1, -0.05) is 41.9 Å². The summed E-state index contributed by atoms with van der Waals surface area (Å²) in [4.78, 5) is 43.4. The molecule has 0 spiro atoms. The van der Waals surface area contributed by atoms with E-state index in [9.17, 15) is 14.4 Å². The van der Waals surface area contributed by atoms with Crippen LogP contribution in [0.2, 0.25) is 5.02 Å². The van der Waals surface area contributed by atoms with Crippen molar-refractivity contribution in [3.05, 3.63) is 99.2 Å². The van der Waals surface area contributed by atoms with Gasteiger partial charge in [0.05, 0.1) is 12.8 Å². The molecule has 10 heteroatoms. The van der Waals surface area contributed by atoms with Crippen LogP contribution in [-0.2, 0) is 16.6 Å². The molecule has 39 heavy (non-hydrogen) atoms. The largest absolute Gasteiger partial charge is 0.497 e. The zero-order valence-electron chi connectivity index (χ0n) is 20.9. The van der Waals surface area contributed by atoms with Gasteiger partial charge in [-0.15, -0.1) is 11.3 Å². The van der Waals surface area contributed by atoms with Gasteiger partial charge in [0, 0.05) is 34.0 Å². The predicted molar refractivity (Wildman–Crippen MR) is 153 cm³/mol. The number of ether oxygens (including phenoxy) is 2. The van der Waals surface area contributed by atoms with Crippen LogP contribution in [0.5, 0.6) is 5.75 Å². The normalized spacial score (nSPS) is 10.8. The van der Waals surface area contributed by atoms with Gasteiger partial charge in [0.25, 0.3) is 11.5 Å². The Morgan fingerprint density at radius 3 is 2.33 bits per heavy atom. The van der Waals surface area contributed by atoms with Crippen molar-refractivity contribution in [2.24, 2.45) is 7.05 Å². The Morgan fingerprint density at radius 1 is 0.974 bits per heavy atom. The lowest BCUT2D eigenvalue weighted by Crippen LogP contribution is -2.28. The second kappa shape index (κ2) is 11.1. The van der Waals surface area contributed by atoms with Crippen molar-refractivity contribution < 1.29 is 19.1 Å². The minimum absolute atomic E-state index is 0.0323. The second-order valence-corrected chi connectivity index (χ2v) is 9.83. The summed E-state index contributed by atoms with van der Waals surface area (Å²) in [6.07, 6.45) is 0. The van der Waals surface area contributed by atoms with Crippen molar-refractivity contribution in [2.45, 2.75) is 0 Å². The van der Waals surface area contributed by atoms with Crippen LogP contribution < -0.4 is 15.6 Å².